The molecule has 28 heavy (non-hydrogen) atoms. The van der Waals surface area contributed by atoms with Gasteiger partial charge in [0.15, 0.2) is 11.8 Å². The number of hydrogen-bond donors (Lipinski definition) is 2. The van der Waals surface area contributed by atoms with Crippen molar-refractivity contribution in [1.29, 1.82) is 10.8 Å². The van der Waals surface area contributed by atoms with Crippen LogP contribution in [0.3, 0.4) is 0 Å². The second kappa shape index (κ2) is 8.90. The van der Waals surface area contributed by atoms with Crippen molar-refractivity contribution in [2.45, 2.75) is 19.8 Å². The van der Waals surface area contributed by atoms with E-state index in [1.807, 2.05) is 60.7 Å². The first-order chi connectivity index (χ1) is 13.6. The molecule has 0 bridgehead atoms. The molecule has 6 nitrogen and oxygen atoms in total. The summed E-state index contributed by atoms with van der Waals surface area (Å²) in [5, 5.41) is 14.9. The fourth-order valence-electron chi connectivity index (χ4n) is 2.77. The molecule has 0 amide bonds. The van der Waals surface area contributed by atoms with Gasteiger partial charge in [0.25, 0.3) is 0 Å². The van der Waals surface area contributed by atoms with E-state index < -0.39 is 0 Å². The molecular weight excluding hydrogens is 352 g/mol. The van der Waals surface area contributed by atoms with Crippen molar-refractivity contribution in [1.82, 2.24) is 9.97 Å². The largest absolute Gasteiger partial charge is 0.479 e. The summed E-state index contributed by atoms with van der Waals surface area (Å²) < 4.78 is 10.4. The molecule has 0 aliphatic heterocycles. The van der Waals surface area contributed by atoms with Crippen LogP contribution in [0.5, 0.6) is 5.88 Å². The summed E-state index contributed by atoms with van der Waals surface area (Å²) in [4.78, 5) is 9.29. The molecule has 0 saturated carbocycles. The van der Waals surface area contributed by atoms with Crippen molar-refractivity contribution in [3.8, 4) is 17.1 Å². The minimum absolute atomic E-state index is 0.0344. The number of aromatic nitrogens is 2. The highest BCUT2D eigenvalue weighted by atomic mass is 16.5. The molecule has 0 atom stereocenters. The summed E-state index contributed by atoms with van der Waals surface area (Å²) in [6.45, 7) is 1.51. The summed E-state index contributed by atoms with van der Waals surface area (Å²) in [6, 6.07) is 15.7. The van der Waals surface area contributed by atoms with Gasteiger partial charge in [-0.15, -0.1) is 0 Å². The Labute approximate surface area is 163 Å². The molecule has 1 heterocycles. The number of nitrogens with one attached hydrogen (secondary N) is 2. The predicted octanol–water partition coefficient (Wildman–Crippen LogP) is 5.09. The van der Waals surface area contributed by atoms with Gasteiger partial charge in [-0.05, 0) is 30.2 Å². The normalized spacial score (nSPS) is 10.9. The second-order valence-corrected chi connectivity index (χ2v) is 6.22. The van der Waals surface area contributed by atoms with Crippen LogP contribution < -0.4 is 4.74 Å². The van der Waals surface area contributed by atoms with Crippen LogP contribution in [0.2, 0.25) is 0 Å². The Morgan fingerprint density at radius 2 is 1.79 bits per heavy atom. The number of benzene rings is 2. The van der Waals surface area contributed by atoms with Gasteiger partial charge in [0.1, 0.15) is 5.69 Å². The second-order valence-electron chi connectivity index (χ2n) is 6.22. The summed E-state index contributed by atoms with van der Waals surface area (Å²) in [5.74, 6) is 0.627. The molecule has 0 aliphatic carbocycles. The van der Waals surface area contributed by atoms with Crippen molar-refractivity contribution in [3.63, 3.8) is 0 Å². The van der Waals surface area contributed by atoms with Gasteiger partial charge in [0.05, 0.1) is 18.1 Å². The Morgan fingerprint density at radius 3 is 2.50 bits per heavy atom. The Balaban J connectivity index is 1.80. The van der Waals surface area contributed by atoms with Crippen LogP contribution >= 0.6 is 0 Å². The lowest BCUT2D eigenvalue weighted by molar-refractivity contribution is 0.400. The van der Waals surface area contributed by atoms with Crippen LogP contribution in [-0.2, 0) is 4.74 Å². The highest BCUT2D eigenvalue weighted by Crippen LogP contribution is 2.29. The lowest BCUT2D eigenvalue weighted by Gasteiger charge is -2.09. The Morgan fingerprint density at radius 1 is 1.04 bits per heavy atom. The highest BCUT2D eigenvalue weighted by Gasteiger charge is 2.11. The first kappa shape index (κ1) is 19.2. The van der Waals surface area contributed by atoms with Gasteiger partial charge in [0.2, 0.25) is 5.88 Å². The molecule has 0 aliphatic rings. The van der Waals surface area contributed by atoms with Crippen LogP contribution in [0.25, 0.3) is 28.4 Å². The quantitative estimate of drug-likeness (QED) is 0.464. The summed E-state index contributed by atoms with van der Waals surface area (Å²) in [5.41, 5.74) is 4.26. The number of methoxy groups -OCH3 is 1. The zero-order valence-electron chi connectivity index (χ0n) is 15.9. The molecule has 0 fully saturated rings. The highest BCUT2D eigenvalue weighted by molar-refractivity contribution is 5.87. The number of fused-ring (bicyclic) bond motifs is 1. The van der Waals surface area contributed by atoms with Crippen LogP contribution in [0.15, 0.2) is 54.6 Å². The fraction of sp³-hybridized carbons (Fsp3) is 0.182. The van der Waals surface area contributed by atoms with E-state index in [4.69, 9.17) is 25.3 Å². The Hall–Kier alpha value is -3.54. The van der Waals surface area contributed by atoms with E-state index in [2.05, 4.69) is 4.98 Å². The van der Waals surface area contributed by atoms with E-state index in [9.17, 15) is 0 Å². The molecule has 0 radical (unpaired) electrons. The van der Waals surface area contributed by atoms with Crippen molar-refractivity contribution < 1.29 is 9.47 Å². The smallest absolute Gasteiger partial charge is 0.240 e. The summed E-state index contributed by atoms with van der Waals surface area (Å²) in [7, 11) is 1.60. The van der Waals surface area contributed by atoms with Crippen molar-refractivity contribution in [3.05, 3.63) is 60.2 Å². The number of rotatable bonds is 6. The molecule has 1 aromatic heterocycles. The van der Waals surface area contributed by atoms with Gasteiger partial charge in [-0.25, -0.2) is 9.97 Å². The first-order valence-electron chi connectivity index (χ1n) is 8.95. The molecule has 2 aromatic carbocycles. The third-order valence-electron chi connectivity index (χ3n) is 4.02. The van der Waals surface area contributed by atoms with Crippen LogP contribution in [0.4, 0.5) is 0 Å². The third kappa shape index (κ3) is 4.79. The molecule has 0 saturated heterocycles. The maximum Gasteiger partial charge on any atom is 0.240 e. The molecule has 3 aromatic rings. The standard InChI is InChI=1S/C22H22N4O2/c1-15(23)28-20(24)13-6-3-8-16-9-7-10-17(14-16)21-22(27-2)26-19-12-5-4-11-18(19)25-21/h3-5,7-12,14,23-24H,6,13H2,1-2H3/b8-3+,23-15?,24-20?. The monoisotopic (exact) mass is 374 g/mol. The van der Waals surface area contributed by atoms with E-state index >= 15 is 0 Å². The van der Waals surface area contributed by atoms with E-state index in [1.54, 1.807) is 7.11 Å². The molecule has 3 rings (SSSR count). The van der Waals surface area contributed by atoms with Crippen LogP contribution in [0, 0.1) is 10.8 Å². The Kier molecular flexibility index (Phi) is 6.11. The number of nitrogens with zero attached hydrogens (tertiary/aromatic N) is 2. The zero-order chi connectivity index (χ0) is 19.9. The molecule has 0 spiro atoms. The van der Waals surface area contributed by atoms with Gasteiger partial charge in [-0.3, -0.25) is 10.8 Å². The number of allylic oxidation sites excluding steroid dienone is 1. The van der Waals surface area contributed by atoms with Gasteiger partial charge in [0, 0.05) is 18.9 Å². The summed E-state index contributed by atoms with van der Waals surface area (Å²) >= 11 is 0. The van der Waals surface area contributed by atoms with Crippen LogP contribution in [0.1, 0.15) is 25.3 Å². The minimum atomic E-state index is 0.0344. The van der Waals surface area contributed by atoms with E-state index in [0.717, 1.165) is 22.2 Å². The fourth-order valence-corrected chi connectivity index (χ4v) is 2.77. The zero-order valence-corrected chi connectivity index (χ0v) is 15.9. The number of ether oxygens (including phenoxy) is 2. The maximum absolute atomic E-state index is 7.63. The van der Waals surface area contributed by atoms with E-state index in [-0.39, 0.29) is 11.8 Å². The van der Waals surface area contributed by atoms with Gasteiger partial charge < -0.3 is 9.47 Å². The number of para-hydroxylation sites is 2. The van der Waals surface area contributed by atoms with Gasteiger partial charge in [-0.1, -0.05) is 42.5 Å². The average molecular weight is 374 g/mol. The molecular formula is C22H22N4O2. The van der Waals surface area contributed by atoms with Gasteiger partial charge >= 0.3 is 0 Å². The molecule has 0 unspecified atom stereocenters. The lowest BCUT2D eigenvalue weighted by Crippen LogP contribution is -2.06. The Bertz CT molecular complexity index is 1040. The van der Waals surface area contributed by atoms with Crippen molar-refractivity contribution in [2.24, 2.45) is 0 Å². The van der Waals surface area contributed by atoms with Gasteiger partial charge in [-0.2, -0.15) is 0 Å². The SMILES string of the molecule is COc1nc2ccccc2nc1-c1cccc(/C=C/CCC(=N)OC(C)=N)c1. The van der Waals surface area contributed by atoms with E-state index in [0.29, 0.717) is 24.4 Å². The van der Waals surface area contributed by atoms with Crippen LogP contribution in [-0.4, -0.2) is 28.9 Å². The summed E-state index contributed by atoms with van der Waals surface area (Å²) in [6.07, 6.45) is 5.10. The lowest BCUT2D eigenvalue weighted by atomic mass is 10.1. The maximum atomic E-state index is 7.63. The van der Waals surface area contributed by atoms with E-state index in [1.165, 1.54) is 6.92 Å². The molecule has 142 valence electrons. The molecule has 2 N–H and O–H groups in total. The average Bonchev–Trinajstić information content (AvgIpc) is 2.70. The molecule has 6 heteroatoms. The van der Waals surface area contributed by atoms with Crippen molar-refractivity contribution in [2.75, 3.05) is 7.11 Å². The third-order valence-corrected chi connectivity index (χ3v) is 4.02. The minimum Gasteiger partial charge on any atom is -0.479 e. The predicted molar refractivity (Wildman–Crippen MR) is 112 cm³/mol. The topological polar surface area (TPSA) is 91.9 Å². The first-order valence-corrected chi connectivity index (χ1v) is 8.95. The van der Waals surface area contributed by atoms with Crippen molar-refractivity contribution >= 4 is 28.9 Å². The number of hydrogen-bond acceptors (Lipinski definition) is 6.